The minimum Gasteiger partial charge on any atom is -0.363 e. The monoisotopic (exact) mass is 391 g/mol. The number of rotatable bonds is 4. The van der Waals surface area contributed by atoms with E-state index in [4.69, 9.17) is 4.74 Å². The molecule has 4 rings (SSSR count). The summed E-state index contributed by atoms with van der Waals surface area (Å²) in [5, 5.41) is 7.46. The van der Waals surface area contributed by atoms with Crippen LogP contribution in [0.4, 0.5) is 0 Å². The van der Waals surface area contributed by atoms with E-state index in [0.717, 1.165) is 43.2 Å². The molecular formula is C19H25N3O2S2. The van der Waals surface area contributed by atoms with Crippen LogP contribution in [0, 0.1) is 6.92 Å². The lowest BCUT2D eigenvalue weighted by Gasteiger charge is -2.51. The molecule has 0 unspecified atom stereocenters. The highest BCUT2D eigenvalue weighted by molar-refractivity contribution is 7.09. The van der Waals surface area contributed by atoms with Crippen LogP contribution in [0.15, 0.2) is 22.2 Å². The average Bonchev–Trinajstić information content (AvgIpc) is 3.29. The second-order valence-electron chi connectivity index (χ2n) is 7.32. The first-order chi connectivity index (χ1) is 12.6. The second-order valence-corrected chi connectivity index (χ2v) is 9.16. The molecule has 0 N–H and O–H groups in total. The zero-order chi connectivity index (χ0) is 18.1. The lowest BCUT2D eigenvalue weighted by Crippen LogP contribution is -2.63. The number of amides is 1. The highest BCUT2D eigenvalue weighted by atomic mass is 32.1. The van der Waals surface area contributed by atoms with Crippen LogP contribution in [0.1, 0.15) is 36.0 Å². The molecule has 0 aromatic carbocycles. The van der Waals surface area contributed by atoms with Crippen LogP contribution < -0.4 is 0 Å². The largest absolute Gasteiger partial charge is 0.363 e. The topological polar surface area (TPSA) is 45.7 Å². The Labute approximate surface area is 162 Å². The zero-order valence-corrected chi connectivity index (χ0v) is 16.9. The number of thiazole rings is 1. The molecule has 0 saturated carbocycles. The summed E-state index contributed by atoms with van der Waals surface area (Å²) in [5.41, 5.74) is 2.16. The summed E-state index contributed by atoms with van der Waals surface area (Å²) in [6.45, 7) is 7.96. The van der Waals surface area contributed by atoms with E-state index in [2.05, 4.69) is 39.0 Å². The first-order valence-electron chi connectivity index (χ1n) is 9.14. The number of hydrogen-bond donors (Lipinski definition) is 0. The number of thiophene rings is 1. The van der Waals surface area contributed by atoms with E-state index < -0.39 is 0 Å². The fourth-order valence-electron chi connectivity index (χ4n) is 4.08. The van der Waals surface area contributed by atoms with Crippen molar-refractivity contribution in [2.24, 2.45) is 0 Å². The molecule has 140 valence electrons. The number of aryl methyl sites for hydroxylation is 1. The predicted octanol–water partition coefficient (Wildman–Crippen LogP) is 3.30. The van der Waals surface area contributed by atoms with Gasteiger partial charge in [0.05, 0.1) is 28.9 Å². The van der Waals surface area contributed by atoms with E-state index in [1.54, 1.807) is 22.7 Å². The molecule has 5 nitrogen and oxygen atoms in total. The van der Waals surface area contributed by atoms with Crippen LogP contribution in [0.5, 0.6) is 0 Å². The number of carbonyl (C=O) groups is 1. The molecule has 1 amide bonds. The van der Waals surface area contributed by atoms with Crippen molar-refractivity contribution in [3.8, 4) is 0 Å². The van der Waals surface area contributed by atoms with Crippen LogP contribution in [0.2, 0.25) is 0 Å². The van der Waals surface area contributed by atoms with Crippen LogP contribution in [0.25, 0.3) is 0 Å². The number of nitrogens with zero attached hydrogens (tertiary/aromatic N) is 3. The maximum Gasteiger partial charge on any atom is 0.249 e. The molecule has 2 saturated heterocycles. The lowest BCUT2D eigenvalue weighted by molar-refractivity contribution is -0.188. The van der Waals surface area contributed by atoms with Crippen molar-refractivity contribution in [1.29, 1.82) is 0 Å². The van der Waals surface area contributed by atoms with E-state index in [9.17, 15) is 4.79 Å². The van der Waals surface area contributed by atoms with Crippen molar-refractivity contribution < 1.29 is 9.53 Å². The quantitative estimate of drug-likeness (QED) is 0.802. The van der Waals surface area contributed by atoms with Crippen molar-refractivity contribution in [1.82, 2.24) is 14.8 Å². The molecule has 2 fully saturated rings. The summed E-state index contributed by atoms with van der Waals surface area (Å²) < 4.78 is 6.15. The molecule has 1 spiro atoms. The Morgan fingerprint density at radius 3 is 2.77 bits per heavy atom. The summed E-state index contributed by atoms with van der Waals surface area (Å²) in [6, 6.07) is 2.28. The number of aromatic nitrogens is 1. The third kappa shape index (κ3) is 3.58. The standard InChI is InChI=1S/C19H25N3O2S2/c1-14-19(4-6-21(7-5-19)9-16-3-8-25-12-16)24-11-18(23)22(14)10-17-13-26-15(2)20-17/h3,8,12-14H,4-7,9-11H2,1-2H3/t14-/m1/s1. The predicted molar refractivity (Wildman–Crippen MR) is 104 cm³/mol. The molecule has 2 aliphatic rings. The molecule has 2 aromatic heterocycles. The molecule has 0 radical (unpaired) electrons. The van der Waals surface area contributed by atoms with E-state index in [1.165, 1.54) is 5.56 Å². The first-order valence-corrected chi connectivity index (χ1v) is 11.0. The van der Waals surface area contributed by atoms with Gasteiger partial charge in [0.25, 0.3) is 0 Å². The normalized spacial score (nSPS) is 23.7. The number of carbonyl (C=O) groups excluding carboxylic acids is 1. The number of hydrogen-bond acceptors (Lipinski definition) is 6. The van der Waals surface area contributed by atoms with Gasteiger partial charge in [-0.15, -0.1) is 11.3 Å². The van der Waals surface area contributed by atoms with Gasteiger partial charge >= 0.3 is 0 Å². The second kappa shape index (κ2) is 7.38. The Morgan fingerprint density at radius 1 is 1.31 bits per heavy atom. The van der Waals surface area contributed by atoms with E-state index in [1.807, 2.05) is 11.8 Å². The highest BCUT2D eigenvalue weighted by Gasteiger charge is 2.47. The molecule has 0 bridgehead atoms. The molecule has 2 aromatic rings. The minimum atomic E-state index is -0.218. The van der Waals surface area contributed by atoms with Crippen molar-refractivity contribution in [3.63, 3.8) is 0 Å². The number of likely N-dealkylation sites (tertiary alicyclic amines) is 1. The van der Waals surface area contributed by atoms with Crippen molar-refractivity contribution in [3.05, 3.63) is 38.5 Å². The SMILES string of the molecule is Cc1nc(CN2C(=O)COC3(CCN(Cc4ccsc4)CC3)[C@H]2C)cs1. The molecular weight excluding hydrogens is 366 g/mol. The molecule has 0 aliphatic carbocycles. The van der Waals surface area contributed by atoms with Crippen molar-refractivity contribution in [2.75, 3.05) is 19.7 Å². The third-order valence-corrected chi connectivity index (χ3v) is 7.27. The Bertz CT molecular complexity index is 751. The average molecular weight is 392 g/mol. The summed E-state index contributed by atoms with van der Waals surface area (Å²) in [7, 11) is 0. The van der Waals surface area contributed by atoms with Gasteiger partial charge in [-0.1, -0.05) is 0 Å². The molecule has 1 atom stereocenters. The van der Waals surface area contributed by atoms with Gasteiger partial charge in [0.1, 0.15) is 6.61 Å². The maximum atomic E-state index is 12.5. The van der Waals surface area contributed by atoms with Crippen molar-refractivity contribution in [2.45, 2.75) is 51.4 Å². The summed E-state index contributed by atoms with van der Waals surface area (Å²) >= 11 is 3.39. The zero-order valence-electron chi connectivity index (χ0n) is 15.3. The van der Waals surface area contributed by atoms with Gasteiger partial charge in [0, 0.05) is 25.0 Å². The maximum absolute atomic E-state index is 12.5. The van der Waals surface area contributed by atoms with E-state index in [-0.39, 0.29) is 24.2 Å². The van der Waals surface area contributed by atoms with Gasteiger partial charge in [-0.25, -0.2) is 4.98 Å². The third-order valence-electron chi connectivity index (χ3n) is 5.72. The smallest absolute Gasteiger partial charge is 0.249 e. The first kappa shape index (κ1) is 18.1. The highest BCUT2D eigenvalue weighted by Crippen LogP contribution is 2.36. The van der Waals surface area contributed by atoms with E-state index in [0.29, 0.717) is 6.54 Å². The molecule has 2 aliphatic heterocycles. The van der Waals surface area contributed by atoms with Gasteiger partial charge in [-0.2, -0.15) is 11.3 Å². The van der Waals surface area contributed by atoms with Crippen LogP contribution in [-0.4, -0.2) is 52.0 Å². The molecule has 7 heteroatoms. The van der Waals surface area contributed by atoms with Gasteiger partial charge in [0.15, 0.2) is 0 Å². The van der Waals surface area contributed by atoms with Gasteiger partial charge in [-0.3, -0.25) is 9.69 Å². The Hall–Kier alpha value is -1.28. The number of piperidine rings is 1. The fraction of sp³-hybridized carbons (Fsp3) is 0.579. The Kier molecular flexibility index (Phi) is 5.14. The van der Waals surface area contributed by atoms with Crippen LogP contribution in [-0.2, 0) is 22.6 Å². The van der Waals surface area contributed by atoms with Gasteiger partial charge < -0.3 is 9.64 Å². The summed E-state index contributed by atoms with van der Waals surface area (Å²) in [6.07, 6.45) is 1.94. The number of ether oxygens (including phenoxy) is 1. The van der Waals surface area contributed by atoms with Crippen LogP contribution in [0.3, 0.4) is 0 Å². The number of morpholine rings is 1. The van der Waals surface area contributed by atoms with E-state index >= 15 is 0 Å². The minimum absolute atomic E-state index is 0.0778. The fourth-order valence-corrected chi connectivity index (χ4v) is 5.35. The molecule has 26 heavy (non-hydrogen) atoms. The molecule has 4 heterocycles. The Morgan fingerprint density at radius 2 is 2.12 bits per heavy atom. The van der Waals surface area contributed by atoms with Gasteiger partial charge in [-0.05, 0) is 49.1 Å². The summed E-state index contributed by atoms with van der Waals surface area (Å²) in [4.78, 5) is 21.5. The summed E-state index contributed by atoms with van der Waals surface area (Å²) in [5.74, 6) is 0.0782. The van der Waals surface area contributed by atoms with Crippen LogP contribution >= 0.6 is 22.7 Å². The van der Waals surface area contributed by atoms with Crippen molar-refractivity contribution >= 4 is 28.6 Å². The Balaban J connectivity index is 1.42. The van der Waals surface area contributed by atoms with Gasteiger partial charge in [0.2, 0.25) is 5.91 Å². The lowest BCUT2D eigenvalue weighted by atomic mass is 9.82.